The molecule has 176 valence electrons. The Morgan fingerprint density at radius 3 is 2.09 bits per heavy atom. The number of carboxylic acids is 1. The molecular formula is C26H32N2O5. The van der Waals surface area contributed by atoms with Crippen molar-refractivity contribution in [3.8, 4) is 11.1 Å². The van der Waals surface area contributed by atoms with Gasteiger partial charge in [-0.3, -0.25) is 9.59 Å². The van der Waals surface area contributed by atoms with Crippen molar-refractivity contribution in [2.45, 2.75) is 45.6 Å². The zero-order valence-corrected chi connectivity index (χ0v) is 19.3. The Hall–Kier alpha value is -3.35. The number of nitrogens with one attached hydrogen (secondary N) is 2. The molecule has 2 atom stereocenters. The fourth-order valence-corrected chi connectivity index (χ4v) is 4.23. The topological polar surface area (TPSA) is 105 Å². The molecule has 0 aromatic heterocycles. The van der Waals surface area contributed by atoms with E-state index < -0.39 is 24.0 Å². The molecule has 0 fully saturated rings. The van der Waals surface area contributed by atoms with Crippen molar-refractivity contribution in [2.24, 2.45) is 11.8 Å². The Bertz CT molecular complexity index is 958. The van der Waals surface area contributed by atoms with Gasteiger partial charge in [-0.1, -0.05) is 69.3 Å². The van der Waals surface area contributed by atoms with Crippen LogP contribution < -0.4 is 10.6 Å². The summed E-state index contributed by atoms with van der Waals surface area (Å²) < 4.78 is 5.56. The Kier molecular flexibility index (Phi) is 8.09. The quantitative estimate of drug-likeness (QED) is 0.502. The second-order valence-corrected chi connectivity index (χ2v) is 8.77. The lowest BCUT2D eigenvalue weighted by Crippen LogP contribution is -2.41. The molecule has 1 unspecified atom stereocenters. The number of carbonyl (C=O) groups is 3. The molecule has 0 aliphatic heterocycles. The van der Waals surface area contributed by atoms with Gasteiger partial charge in [0.05, 0.1) is 5.92 Å². The van der Waals surface area contributed by atoms with E-state index in [1.165, 1.54) is 0 Å². The standard InChI is InChI=1S/C26H32N2O5/c1-4-17(13-24(29)27-14-22(16(2)3)25(30)31)28-26(32)33-15-23-20-11-7-5-9-18(20)19-10-6-8-12-21(19)23/h5-12,16-17,22-23H,4,13-15H2,1-3H3,(H,27,29)(H,28,32)(H,30,31)/t17-,22?/m1/s1. The Labute approximate surface area is 194 Å². The van der Waals surface area contributed by atoms with Crippen LogP contribution in [0.25, 0.3) is 11.1 Å². The lowest BCUT2D eigenvalue weighted by molar-refractivity contribution is -0.143. The van der Waals surface area contributed by atoms with Crippen molar-refractivity contribution < 1.29 is 24.2 Å². The molecular weight excluding hydrogens is 420 g/mol. The maximum Gasteiger partial charge on any atom is 0.407 e. The van der Waals surface area contributed by atoms with Gasteiger partial charge in [-0.2, -0.15) is 0 Å². The molecule has 7 nitrogen and oxygen atoms in total. The molecule has 2 aromatic rings. The summed E-state index contributed by atoms with van der Waals surface area (Å²) in [5.41, 5.74) is 4.59. The third-order valence-corrected chi connectivity index (χ3v) is 6.23. The van der Waals surface area contributed by atoms with Crippen LogP contribution >= 0.6 is 0 Å². The second-order valence-electron chi connectivity index (χ2n) is 8.77. The van der Waals surface area contributed by atoms with E-state index in [1.807, 2.05) is 31.2 Å². The Morgan fingerprint density at radius 1 is 1.00 bits per heavy atom. The molecule has 0 radical (unpaired) electrons. The number of benzene rings is 2. The van der Waals surface area contributed by atoms with E-state index in [4.69, 9.17) is 4.74 Å². The number of hydrogen-bond acceptors (Lipinski definition) is 4. The molecule has 0 bridgehead atoms. The molecule has 1 aliphatic rings. The summed E-state index contributed by atoms with van der Waals surface area (Å²) in [6.45, 7) is 5.75. The monoisotopic (exact) mass is 452 g/mol. The zero-order chi connectivity index (χ0) is 24.0. The molecule has 2 aromatic carbocycles. The molecule has 33 heavy (non-hydrogen) atoms. The van der Waals surface area contributed by atoms with Gasteiger partial charge in [0.1, 0.15) is 6.61 Å². The highest BCUT2D eigenvalue weighted by atomic mass is 16.5. The van der Waals surface area contributed by atoms with Crippen LogP contribution in [0, 0.1) is 11.8 Å². The van der Waals surface area contributed by atoms with Gasteiger partial charge in [-0.15, -0.1) is 0 Å². The third-order valence-electron chi connectivity index (χ3n) is 6.23. The number of carbonyl (C=O) groups excluding carboxylic acids is 2. The first-order valence-corrected chi connectivity index (χ1v) is 11.4. The molecule has 3 N–H and O–H groups in total. The lowest BCUT2D eigenvalue weighted by atomic mass is 9.96. The molecule has 0 spiro atoms. The maximum absolute atomic E-state index is 12.5. The number of fused-ring (bicyclic) bond motifs is 3. The minimum absolute atomic E-state index is 0.0319. The number of ether oxygens (including phenoxy) is 1. The molecule has 7 heteroatoms. The highest BCUT2D eigenvalue weighted by Crippen LogP contribution is 2.44. The van der Waals surface area contributed by atoms with E-state index in [-0.39, 0.29) is 37.3 Å². The van der Waals surface area contributed by atoms with Crippen LogP contribution in [-0.2, 0) is 14.3 Å². The number of aliphatic carboxylic acids is 1. The van der Waals surface area contributed by atoms with Crippen LogP contribution in [0.2, 0.25) is 0 Å². The highest BCUT2D eigenvalue weighted by Gasteiger charge is 2.29. The van der Waals surface area contributed by atoms with Gasteiger partial charge >= 0.3 is 12.1 Å². The van der Waals surface area contributed by atoms with Crippen LogP contribution in [0.3, 0.4) is 0 Å². The van der Waals surface area contributed by atoms with Crippen LogP contribution in [0.4, 0.5) is 4.79 Å². The van der Waals surface area contributed by atoms with Crippen molar-refractivity contribution in [1.82, 2.24) is 10.6 Å². The summed E-state index contributed by atoms with van der Waals surface area (Å²) in [5, 5.41) is 14.7. The summed E-state index contributed by atoms with van der Waals surface area (Å²) in [7, 11) is 0. The van der Waals surface area contributed by atoms with Crippen LogP contribution in [0.5, 0.6) is 0 Å². The average Bonchev–Trinajstić information content (AvgIpc) is 3.10. The summed E-state index contributed by atoms with van der Waals surface area (Å²) in [5.74, 6) is -2.01. The SMILES string of the molecule is CC[C@H](CC(=O)NCC(C(=O)O)C(C)C)NC(=O)OCC1c2ccccc2-c2ccccc21. The van der Waals surface area contributed by atoms with E-state index in [2.05, 4.69) is 34.9 Å². The van der Waals surface area contributed by atoms with Gasteiger partial charge < -0.3 is 20.5 Å². The fourth-order valence-electron chi connectivity index (χ4n) is 4.23. The number of rotatable bonds is 10. The second kappa shape index (κ2) is 11.0. The van der Waals surface area contributed by atoms with Crippen molar-refractivity contribution >= 4 is 18.0 Å². The van der Waals surface area contributed by atoms with Gasteiger partial charge in [0, 0.05) is 24.9 Å². The van der Waals surface area contributed by atoms with Gasteiger partial charge in [0.25, 0.3) is 0 Å². The summed E-state index contributed by atoms with van der Waals surface area (Å²) in [6.07, 6.45) is 0.0389. The van der Waals surface area contributed by atoms with Crippen LogP contribution in [-0.4, -0.2) is 42.3 Å². The smallest absolute Gasteiger partial charge is 0.407 e. The molecule has 2 amide bonds. The molecule has 0 saturated carbocycles. The van der Waals surface area contributed by atoms with E-state index in [9.17, 15) is 19.5 Å². The Balaban J connectivity index is 1.53. The first-order valence-electron chi connectivity index (χ1n) is 11.4. The van der Waals surface area contributed by atoms with Crippen molar-refractivity contribution in [2.75, 3.05) is 13.2 Å². The molecule has 0 saturated heterocycles. The minimum atomic E-state index is -0.936. The van der Waals surface area contributed by atoms with Crippen molar-refractivity contribution in [3.05, 3.63) is 59.7 Å². The summed E-state index contributed by atoms with van der Waals surface area (Å²) in [4.78, 5) is 36.1. The van der Waals surface area contributed by atoms with Gasteiger partial charge in [-0.05, 0) is 34.6 Å². The van der Waals surface area contributed by atoms with E-state index in [1.54, 1.807) is 13.8 Å². The van der Waals surface area contributed by atoms with E-state index >= 15 is 0 Å². The molecule has 3 rings (SSSR count). The molecule has 0 heterocycles. The number of hydrogen-bond donors (Lipinski definition) is 3. The van der Waals surface area contributed by atoms with Gasteiger partial charge in [-0.25, -0.2) is 4.79 Å². The third kappa shape index (κ3) is 5.92. The highest BCUT2D eigenvalue weighted by molar-refractivity contribution is 5.80. The number of carboxylic acid groups (broad SMARTS) is 1. The largest absolute Gasteiger partial charge is 0.481 e. The number of amides is 2. The maximum atomic E-state index is 12.5. The summed E-state index contributed by atoms with van der Waals surface area (Å²) in [6, 6.07) is 15.8. The van der Waals surface area contributed by atoms with Crippen LogP contribution in [0.15, 0.2) is 48.5 Å². The van der Waals surface area contributed by atoms with E-state index in [0.29, 0.717) is 6.42 Å². The summed E-state index contributed by atoms with van der Waals surface area (Å²) >= 11 is 0. The number of alkyl carbamates (subject to hydrolysis) is 1. The van der Waals surface area contributed by atoms with Gasteiger partial charge in [0.15, 0.2) is 0 Å². The predicted molar refractivity (Wildman–Crippen MR) is 126 cm³/mol. The molecule has 1 aliphatic carbocycles. The average molecular weight is 453 g/mol. The van der Waals surface area contributed by atoms with E-state index in [0.717, 1.165) is 22.3 Å². The first kappa shape index (κ1) is 24.3. The Morgan fingerprint density at radius 2 is 1.58 bits per heavy atom. The minimum Gasteiger partial charge on any atom is -0.481 e. The zero-order valence-electron chi connectivity index (χ0n) is 19.3. The fraction of sp³-hybridized carbons (Fsp3) is 0.423. The van der Waals surface area contributed by atoms with Crippen LogP contribution in [0.1, 0.15) is 50.7 Å². The van der Waals surface area contributed by atoms with Crippen molar-refractivity contribution in [3.63, 3.8) is 0 Å². The van der Waals surface area contributed by atoms with Crippen molar-refractivity contribution in [1.29, 1.82) is 0 Å². The van der Waals surface area contributed by atoms with Gasteiger partial charge in [0.2, 0.25) is 5.91 Å². The first-order chi connectivity index (χ1) is 15.8. The predicted octanol–water partition coefficient (Wildman–Crippen LogP) is 4.17. The lowest BCUT2D eigenvalue weighted by Gasteiger charge is -2.20. The normalized spacial score (nSPS) is 14.2.